The van der Waals surface area contributed by atoms with E-state index in [-0.39, 0.29) is 0 Å². The van der Waals surface area contributed by atoms with E-state index in [2.05, 4.69) is 0 Å². The third-order valence-electron chi connectivity index (χ3n) is 3.22. The molecule has 1 aliphatic heterocycles. The Labute approximate surface area is 107 Å². The maximum atomic E-state index is 11.0. The molecule has 0 unspecified atom stereocenters. The van der Waals surface area contributed by atoms with E-state index in [1.807, 2.05) is 25.1 Å². The molecule has 0 saturated carbocycles. The van der Waals surface area contributed by atoms with Gasteiger partial charge in [0.05, 0.1) is 14.2 Å². The fraction of sp³-hybridized carbons (Fsp3) is 0.357. The predicted molar refractivity (Wildman–Crippen MR) is 69.7 cm³/mol. The zero-order chi connectivity index (χ0) is 13.1. The first-order chi connectivity index (χ1) is 8.74. The SMILES string of the molecule is C/C=C1\c2cc(OC)c(OC)cc2CCN1C=O. The second kappa shape index (κ2) is 5.12. The van der Waals surface area contributed by atoms with Crippen LogP contribution in [-0.4, -0.2) is 32.1 Å². The number of nitrogens with zero attached hydrogens (tertiary/aromatic N) is 1. The quantitative estimate of drug-likeness (QED) is 0.768. The molecule has 0 aliphatic carbocycles. The Balaban J connectivity index is 2.56. The molecule has 0 N–H and O–H groups in total. The molecule has 1 heterocycles. The average molecular weight is 247 g/mol. The highest BCUT2D eigenvalue weighted by atomic mass is 16.5. The maximum Gasteiger partial charge on any atom is 0.214 e. The van der Waals surface area contributed by atoms with Crippen molar-refractivity contribution in [2.45, 2.75) is 13.3 Å². The van der Waals surface area contributed by atoms with E-state index >= 15 is 0 Å². The highest BCUT2D eigenvalue weighted by molar-refractivity contribution is 5.78. The fourth-order valence-electron chi connectivity index (χ4n) is 2.31. The zero-order valence-electron chi connectivity index (χ0n) is 10.9. The summed E-state index contributed by atoms with van der Waals surface area (Å²) in [6.07, 6.45) is 3.64. The summed E-state index contributed by atoms with van der Waals surface area (Å²) in [5.74, 6) is 1.41. The van der Waals surface area contributed by atoms with Crippen molar-refractivity contribution in [3.8, 4) is 11.5 Å². The van der Waals surface area contributed by atoms with E-state index in [1.165, 1.54) is 5.56 Å². The molecule has 2 rings (SSSR count). The highest BCUT2D eigenvalue weighted by Gasteiger charge is 2.22. The summed E-state index contributed by atoms with van der Waals surface area (Å²) in [5.41, 5.74) is 3.14. The van der Waals surface area contributed by atoms with Crippen LogP contribution in [0.4, 0.5) is 0 Å². The van der Waals surface area contributed by atoms with E-state index in [0.29, 0.717) is 12.3 Å². The summed E-state index contributed by atoms with van der Waals surface area (Å²) < 4.78 is 10.6. The average Bonchev–Trinajstić information content (AvgIpc) is 2.44. The standard InChI is InChI=1S/C14H17NO3/c1-4-12-11-8-14(18-3)13(17-2)7-10(11)5-6-15(12)9-16/h4,7-9H,5-6H2,1-3H3/b12-4+. The van der Waals surface area contributed by atoms with Crippen molar-refractivity contribution in [1.29, 1.82) is 0 Å². The van der Waals surface area contributed by atoms with Gasteiger partial charge in [0.25, 0.3) is 0 Å². The smallest absolute Gasteiger partial charge is 0.214 e. The first-order valence-corrected chi connectivity index (χ1v) is 5.88. The van der Waals surface area contributed by atoms with Gasteiger partial charge in [-0.25, -0.2) is 0 Å². The van der Waals surface area contributed by atoms with Gasteiger partial charge in [0.2, 0.25) is 6.41 Å². The summed E-state index contributed by atoms with van der Waals surface area (Å²) in [6, 6.07) is 3.92. The highest BCUT2D eigenvalue weighted by Crippen LogP contribution is 2.36. The Hall–Kier alpha value is -1.97. The summed E-state index contributed by atoms with van der Waals surface area (Å²) in [7, 11) is 3.24. The molecule has 4 nitrogen and oxygen atoms in total. The number of fused-ring (bicyclic) bond motifs is 1. The van der Waals surface area contributed by atoms with Crippen molar-refractivity contribution in [2.75, 3.05) is 20.8 Å². The first-order valence-electron chi connectivity index (χ1n) is 5.88. The number of ether oxygens (including phenoxy) is 2. The van der Waals surface area contributed by atoms with Crippen molar-refractivity contribution in [1.82, 2.24) is 4.90 Å². The van der Waals surface area contributed by atoms with Crippen LogP contribution in [-0.2, 0) is 11.2 Å². The van der Waals surface area contributed by atoms with E-state index in [4.69, 9.17) is 9.47 Å². The Morgan fingerprint density at radius 3 is 2.44 bits per heavy atom. The lowest BCUT2D eigenvalue weighted by Gasteiger charge is -2.29. The Kier molecular flexibility index (Phi) is 3.55. The number of benzene rings is 1. The molecule has 18 heavy (non-hydrogen) atoms. The number of hydrogen-bond donors (Lipinski definition) is 0. The summed E-state index contributed by atoms with van der Waals surface area (Å²) in [5, 5.41) is 0. The van der Waals surface area contributed by atoms with Crippen molar-refractivity contribution < 1.29 is 14.3 Å². The molecule has 0 saturated heterocycles. The summed E-state index contributed by atoms with van der Waals surface area (Å²) in [6.45, 7) is 2.63. The first kappa shape index (κ1) is 12.5. The van der Waals surface area contributed by atoms with Crippen LogP contribution in [0.5, 0.6) is 11.5 Å². The Morgan fingerprint density at radius 1 is 1.22 bits per heavy atom. The molecule has 4 heteroatoms. The molecule has 1 aromatic carbocycles. The molecular formula is C14H17NO3. The number of methoxy groups -OCH3 is 2. The van der Waals surface area contributed by atoms with E-state index < -0.39 is 0 Å². The molecule has 0 atom stereocenters. The molecule has 1 aromatic rings. The second-order valence-electron chi connectivity index (χ2n) is 4.09. The van der Waals surface area contributed by atoms with Crippen LogP contribution in [0.15, 0.2) is 18.2 Å². The molecule has 0 radical (unpaired) electrons. The lowest BCUT2D eigenvalue weighted by molar-refractivity contribution is -0.115. The summed E-state index contributed by atoms with van der Waals surface area (Å²) >= 11 is 0. The minimum Gasteiger partial charge on any atom is -0.493 e. The van der Waals surface area contributed by atoms with Crippen LogP contribution in [0.25, 0.3) is 5.70 Å². The van der Waals surface area contributed by atoms with Gasteiger partial charge < -0.3 is 14.4 Å². The zero-order valence-corrected chi connectivity index (χ0v) is 10.9. The lowest BCUT2D eigenvalue weighted by Crippen LogP contribution is -2.28. The number of carbonyl (C=O) groups excluding carboxylic acids is 1. The van der Waals surface area contributed by atoms with E-state index in [0.717, 1.165) is 29.8 Å². The number of allylic oxidation sites excluding steroid dienone is 1. The van der Waals surface area contributed by atoms with Crippen molar-refractivity contribution in [3.05, 3.63) is 29.3 Å². The minimum atomic E-state index is 0.684. The third kappa shape index (κ3) is 1.94. The van der Waals surface area contributed by atoms with Crippen LogP contribution in [0, 0.1) is 0 Å². The predicted octanol–water partition coefficient (Wildman–Crippen LogP) is 2.08. The Bertz CT molecular complexity index is 494. The van der Waals surface area contributed by atoms with Crippen LogP contribution in [0.2, 0.25) is 0 Å². The number of hydrogen-bond acceptors (Lipinski definition) is 3. The molecule has 0 aromatic heterocycles. The van der Waals surface area contributed by atoms with Gasteiger partial charge in [-0.1, -0.05) is 6.08 Å². The number of rotatable bonds is 3. The van der Waals surface area contributed by atoms with Gasteiger partial charge >= 0.3 is 0 Å². The molecule has 96 valence electrons. The summed E-state index contributed by atoms with van der Waals surface area (Å²) in [4.78, 5) is 12.8. The second-order valence-corrected chi connectivity index (χ2v) is 4.09. The number of amides is 1. The molecule has 1 amide bonds. The van der Waals surface area contributed by atoms with Gasteiger partial charge in [0.15, 0.2) is 11.5 Å². The molecule has 0 fully saturated rings. The Morgan fingerprint density at radius 2 is 1.89 bits per heavy atom. The molecule has 1 aliphatic rings. The normalized spacial score (nSPS) is 16.4. The van der Waals surface area contributed by atoms with Gasteiger partial charge in [-0.2, -0.15) is 0 Å². The maximum absolute atomic E-state index is 11.0. The van der Waals surface area contributed by atoms with E-state index in [1.54, 1.807) is 19.1 Å². The van der Waals surface area contributed by atoms with Crippen molar-refractivity contribution in [3.63, 3.8) is 0 Å². The third-order valence-corrected chi connectivity index (χ3v) is 3.22. The van der Waals surface area contributed by atoms with Gasteiger partial charge in [-0.3, -0.25) is 4.79 Å². The topological polar surface area (TPSA) is 38.8 Å². The monoisotopic (exact) mass is 247 g/mol. The van der Waals surface area contributed by atoms with Crippen molar-refractivity contribution >= 4 is 12.1 Å². The minimum absolute atomic E-state index is 0.684. The molecule has 0 bridgehead atoms. The molecular weight excluding hydrogens is 230 g/mol. The van der Waals surface area contributed by atoms with Gasteiger partial charge in [0, 0.05) is 17.8 Å². The van der Waals surface area contributed by atoms with Gasteiger partial charge in [-0.05, 0) is 31.0 Å². The van der Waals surface area contributed by atoms with E-state index in [9.17, 15) is 4.79 Å². The lowest BCUT2D eigenvalue weighted by atomic mass is 9.96. The number of carbonyl (C=O) groups is 1. The van der Waals surface area contributed by atoms with Gasteiger partial charge in [0.1, 0.15) is 0 Å². The van der Waals surface area contributed by atoms with Crippen LogP contribution in [0.3, 0.4) is 0 Å². The van der Waals surface area contributed by atoms with Crippen LogP contribution < -0.4 is 9.47 Å². The fourth-order valence-corrected chi connectivity index (χ4v) is 2.31. The van der Waals surface area contributed by atoms with Crippen LogP contribution >= 0.6 is 0 Å². The molecule has 0 spiro atoms. The largest absolute Gasteiger partial charge is 0.493 e. The van der Waals surface area contributed by atoms with Gasteiger partial charge in [-0.15, -0.1) is 0 Å². The van der Waals surface area contributed by atoms with Crippen LogP contribution in [0.1, 0.15) is 18.1 Å². The van der Waals surface area contributed by atoms with Crippen molar-refractivity contribution in [2.24, 2.45) is 0 Å².